The van der Waals surface area contributed by atoms with Crippen LogP contribution in [0.15, 0.2) is 23.6 Å². The number of rotatable bonds is 2. The Bertz CT molecular complexity index is 668. The minimum atomic E-state index is 0.604. The van der Waals surface area contributed by atoms with Crippen molar-refractivity contribution in [2.45, 2.75) is 13.3 Å². The quantitative estimate of drug-likeness (QED) is 0.727. The van der Waals surface area contributed by atoms with Gasteiger partial charge in [-0.15, -0.1) is 11.3 Å². The smallest absolute Gasteiger partial charge is 0.180 e. The zero-order valence-corrected chi connectivity index (χ0v) is 10.2. The highest BCUT2D eigenvalue weighted by Crippen LogP contribution is 2.18. The first-order valence-corrected chi connectivity index (χ1v) is 6.24. The predicted octanol–water partition coefficient (Wildman–Crippen LogP) is 2.50. The molecule has 0 fully saturated rings. The van der Waals surface area contributed by atoms with Crippen molar-refractivity contribution < 1.29 is 0 Å². The lowest BCUT2D eigenvalue weighted by Crippen LogP contribution is -1.91. The van der Waals surface area contributed by atoms with Gasteiger partial charge in [0.2, 0.25) is 0 Å². The van der Waals surface area contributed by atoms with Gasteiger partial charge >= 0.3 is 0 Å². The maximum Gasteiger partial charge on any atom is 0.180 e. The number of fused-ring (bicyclic) bond motifs is 1. The summed E-state index contributed by atoms with van der Waals surface area (Å²) in [5.74, 6) is 0.930. The first kappa shape index (κ1) is 10.3. The molecule has 3 N–H and O–H groups in total. The Morgan fingerprint density at radius 3 is 2.94 bits per heavy atom. The Labute approximate surface area is 103 Å². The van der Waals surface area contributed by atoms with Crippen molar-refractivity contribution in [3.8, 4) is 0 Å². The molecule has 0 bridgehead atoms. The fourth-order valence-electron chi connectivity index (χ4n) is 1.89. The van der Waals surface area contributed by atoms with Gasteiger partial charge in [-0.25, -0.2) is 9.97 Å². The monoisotopic (exact) mass is 244 g/mol. The Morgan fingerprint density at radius 1 is 1.35 bits per heavy atom. The Morgan fingerprint density at radius 2 is 2.24 bits per heavy atom. The molecule has 0 saturated carbocycles. The van der Waals surface area contributed by atoms with Crippen LogP contribution in [0, 0.1) is 6.92 Å². The maximum absolute atomic E-state index is 5.61. The van der Waals surface area contributed by atoms with Crippen LogP contribution in [0.5, 0.6) is 0 Å². The molecule has 0 aliphatic rings. The number of para-hydroxylation sites is 1. The zero-order valence-electron chi connectivity index (χ0n) is 9.40. The third-order valence-electron chi connectivity index (χ3n) is 2.68. The summed E-state index contributed by atoms with van der Waals surface area (Å²) in [6.07, 6.45) is 0.696. The van der Waals surface area contributed by atoms with Gasteiger partial charge in [-0.2, -0.15) is 0 Å². The first-order chi connectivity index (χ1) is 8.22. The van der Waals surface area contributed by atoms with Crippen LogP contribution in [0.1, 0.15) is 17.1 Å². The molecule has 0 spiro atoms. The SMILES string of the molecule is Cc1cccc2[nH]c(Cc3csc(N)n3)nc12. The zero-order chi connectivity index (χ0) is 11.8. The van der Waals surface area contributed by atoms with Crippen molar-refractivity contribution in [3.63, 3.8) is 0 Å². The summed E-state index contributed by atoms with van der Waals surface area (Å²) in [7, 11) is 0. The molecule has 0 aliphatic carbocycles. The van der Waals surface area contributed by atoms with Crippen LogP contribution in [-0.2, 0) is 6.42 Å². The summed E-state index contributed by atoms with van der Waals surface area (Å²) in [4.78, 5) is 12.1. The number of nitrogens with one attached hydrogen (secondary N) is 1. The number of H-pyrrole nitrogens is 1. The lowest BCUT2D eigenvalue weighted by atomic mass is 10.2. The van der Waals surface area contributed by atoms with E-state index < -0.39 is 0 Å². The van der Waals surface area contributed by atoms with Crippen LogP contribution in [-0.4, -0.2) is 15.0 Å². The summed E-state index contributed by atoms with van der Waals surface area (Å²) in [6, 6.07) is 6.13. The van der Waals surface area contributed by atoms with Gasteiger partial charge in [0.1, 0.15) is 5.82 Å². The molecule has 0 radical (unpaired) electrons. The third-order valence-corrected chi connectivity index (χ3v) is 3.40. The van der Waals surface area contributed by atoms with Crippen LogP contribution in [0.3, 0.4) is 0 Å². The number of nitrogens with zero attached hydrogens (tertiary/aromatic N) is 2. The average Bonchev–Trinajstić information content (AvgIpc) is 2.86. The van der Waals surface area contributed by atoms with Crippen LogP contribution in [0.2, 0.25) is 0 Å². The van der Waals surface area contributed by atoms with E-state index in [1.54, 1.807) is 0 Å². The highest BCUT2D eigenvalue weighted by atomic mass is 32.1. The molecule has 2 aromatic heterocycles. The largest absolute Gasteiger partial charge is 0.375 e. The van der Waals surface area contributed by atoms with E-state index in [9.17, 15) is 0 Å². The molecule has 3 rings (SSSR count). The van der Waals surface area contributed by atoms with Gasteiger partial charge in [0, 0.05) is 11.8 Å². The van der Waals surface area contributed by atoms with Crippen LogP contribution in [0.25, 0.3) is 11.0 Å². The van der Waals surface area contributed by atoms with Gasteiger partial charge in [-0.1, -0.05) is 12.1 Å². The predicted molar refractivity (Wildman–Crippen MR) is 70.2 cm³/mol. The second-order valence-corrected chi connectivity index (χ2v) is 4.90. The lowest BCUT2D eigenvalue weighted by Gasteiger charge is -1.90. The van der Waals surface area contributed by atoms with Gasteiger partial charge in [0.25, 0.3) is 0 Å². The summed E-state index contributed by atoms with van der Waals surface area (Å²) >= 11 is 1.46. The number of nitrogen functional groups attached to an aromatic ring is 1. The van der Waals surface area contributed by atoms with Crippen molar-refractivity contribution in [1.82, 2.24) is 15.0 Å². The average molecular weight is 244 g/mol. The first-order valence-electron chi connectivity index (χ1n) is 5.36. The molecular formula is C12H12N4S. The van der Waals surface area contributed by atoms with E-state index in [-0.39, 0.29) is 0 Å². The highest BCUT2D eigenvalue weighted by molar-refractivity contribution is 7.13. The minimum Gasteiger partial charge on any atom is -0.375 e. The standard InChI is InChI=1S/C12H12N4S/c1-7-3-2-4-9-11(7)16-10(15-9)5-8-6-17-12(13)14-8/h2-4,6H,5H2,1H3,(H2,13,14)(H,15,16). The van der Waals surface area contributed by atoms with Crippen LogP contribution < -0.4 is 5.73 Å². The Balaban J connectivity index is 1.98. The second-order valence-electron chi connectivity index (χ2n) is 4.01. The second kappa shape index (κ2) is 3.85. The van der Waals surface area contributed by atoms with E-state index in [1.165, 1.54) is 16.9 Å². The molecule has 4 nitrogen and oxygen atoms in total. The number of anilines is 1. The molecule has 3 aromatic rings. The third kappa shape index (κ3) is 1.89. The lowest BCUT2D eigenvalue weighted by molar-refractivity contribution is 1.00. The van der Waals surface area contributed by atoms with Crippen molar-refractivity contribution in [2.24, 2.45) is 0 Å². The van der Waals surface area contributed by atoms with Crippen LogP contribution in [0.4, 0.5) is 5.13 Å². The normalized spacial score (nSPS) is 11.1. The van der Waals surface area contributed by atoms with Gasteiger partial charge in [-0.05, 0) is 18.6 Å². The van der Waals surface area contributed by atoms with Crippen LogP contribution >= 0.6 is 11.3 Å². The van der Waals surface area contributed by atoms with E-state index in [0.717, 1.165) is 22.6 Å². The molecule has 0 aliphatic heterocycles. The summed E-state index contributed by atoms with van der Waals surface area (Å²) in [5, 5.41) is 2.57. The minimum absolute atomic E-state index is 0.604. The molecule has 2 heterocycles. The summed E-state index contributed by atoms with van der Waals surface area (Å²) in [5.41, 5.74) is 9.86. The van der Waals surface area contributed by atoms with E-state index >= 15 is 0 Å². The number of nitrogens with two attached hydrogens (primary N) is 1. The van der Waals surface area contributed by atoms with E-state index in [4.69, 9.17) is 5.73 Å². The molecule has 5 heteroatoms. The molecule has 0 unspecified atom stereocenters. The number of aryl methyl sites for hydroxylation is 1. The number of hydrogen-bond acceptors (Lipinski definition) is 4. The highest BCUT2D eigenvalue weighted by Gasteiger charge is 2.07. The van der Waals surface area contributed by atoms with Gasteiger partial charge in [0.15, 0.2) is 5.13 Å². The Hall–Kier alpha value is -1.88. The van der Waals surface area contributed by atoms with Gasteiger partial charge in [-0.3, -0.25) is 0 Å². The number of aromatic amines is 1. The summed E-state index contributed by atoms with van der Waals surface area (Å²) in [6.45, 7) is 2.06. The number of benzene rings is 1. The number of aromatic nitrogens is 3. The van der Waals surface area contributed by atoms with Crippen molar-refractivity contribution in [1.29, 1.82) is 0 Å². The van der Waals surface area contributed by atoms with Crippen molar-refractivity contribution in [3.05, 3.63) is 40.7 Å². The molecule has 1 aromatic carbocycles. The van der Waals surface area contributed by atoms with Crippen molar-refractivity contribution in [2.75, 3.05) is 5.73 Å². The number of thiazole rings is 1. The molecule has 0 atom stereocenters. The maximum atomic E-state index is 5.61. The van der Waals surface area contributed by atoms with Gasteiger partial charge < -0.3 is 10.7 Å². The fraction of sp³-hybridized carbons (Fsp3) is 0.167. The van der Waals surface area contributed by atoms with Crippen molar-refractivity contribution >= 4 is 27.5 Å². The molecular weight excluding hydrogens is 232 g/mol. The molecule has 17 heavy (non-hydrogen) atoms. The molecule has 86 valence electrons. The van der Waals surface area contributed by atoms with Gasteiger partial charge in [0.05, 0.1) is 16.7 Å². The Kier molecular flexibility index (Phi) is 2.33. The van der Waals surface area contributed by atoms with E-state index in [0.29, 0.717) is 11.6 Å². The number of hydrogen-bond donors (Lipinski definition) is 2. The van der Waals surface area contributed by atoms with E-state index in [2.05, 4.69) is 27.9 Å². The molecule has 0 amide bonds. The number of imidazole rings is 1. The molecule has 0 saturated heterocycles. The van der Waals surface area contributed by atoms with E-state index in [1.807, 2.05) is 17.5 Å². The topological polar surface area (TPSA) is 67.6 Å². The fourth-order valence-corrected chi connectivity index (χ4v) is 2.45. The summed E-state index contributed by atoms with van der Waals surface area (Å²) < 4.78 is 0.